The first-order valence-electron chi connectivity index (χ1n) is 6.75. The van der Waals surface area contributed by atoms with E-state index in [0.717, 1.165) is 41.0 Å². The summed E-state index contributed by atoms with van der Waals surface area (Å²) < 4.78 is 11.9. The van der Waals surface area contributed by atoms with Gasteiger partial charge in [-0.2, -0.15) is 0 Å². The molecule has 0 aliphatic carbocycles. The summed E-state index contributed by atoms with van der Waals surface area (Å²) in [6.07, 6.45) is 1.11. The molecule has 1 N–H and O–H groups in total. The van der Waals surface area contributed by atoms with Crippen molar-refractivity contribution in [1.29, 1.82) is 0 Å². The maximum atomic E-state index is 5.62. The van der Waals surface area contributed by atoms with Crippen molar-refractivity contribution in [2.45, 2.75) is 33.1 Å². The van der Waals surface area contributed by atoms with E-state index in [-0.39, 0.29) is 0 Å². The molecule has 0 atom stereocenters. The Labute approximate surface area is 127 Å². The van der Waals surface area contributed by atoms with Gasteiger partial charge in [-0.05, 0) is 30.7 Å². The van der Waals surface area contributed by atoms with Crippen molar-refractivity contribution < 1.29 is 9.26 Å². The number of rotatable bonds is 8. The predicted molar refractivity (Wildman–Crippen MR) is 81.1 cm³/mol. The van der Waals surface area contributed by atoms with Gasteiger partial charge in [0.2, 0.25) is 0 Å². The number of nitrogens with one attached hydrogen (secondary N) is 1. The fourth-order valence-electron chi connectivity index (χ4n) is 1.80. The Morgan fingerprint density at radius 3 is 3.00 bits per heavy atom. The average molecular weight is 339 g/mol. The second kappa shape index (κ2) is 8.19. The first kappa shape index (κ1) is 15.2. The molecule has 0 spiro atoms. The molecule has 0 fully saturated rings. The van der Waals surface area contributed by atoms with Crippen LogP contribution in [0.3, 0.4) is 0 Å². The Morgan fingerprint density at radius 1 is 1.30 bits per heavy atom. The second-order valence-corrected chi connectivity index (χ2v) is 5.50. The molecular weight excluding hydrogens is 320 g/mol. The average Bonchev–Trinajstić information content (AvgIpc) is 2.87. The third-order valence-electron chi connectivity index (χ3n) is 2.74. The molecule has 0 aliphatic heterocycles. The van der Waals surface area contributed by atoms with E-state index in [2.05, 4.69) is 33.3 Å². The number of aromatic nitrogens is 1. The standard InChI is InChI=1S/C15H19BrN2O2/c1-2-6-17-9-14-8-15(20-18-14)11-19-10-12-4-3-5-13(16)7-12/h3-5,7-8,17H,2,6,9-11H2,1H3. The van der Waals surface area contributed by atoms with E-state index in [1.54, 1.807) is 0 Å². The number of nitrogens with zero attached hydrogens (tertiary/aromatic N) is 1. The molecule has 0 unspecified atom stereocenters. The fourth-order valence-corrected chi connectivity index (χ4v) is 2.24. The summed E-state index contributed by atoms with van der Waals surface area (Å²) in [5.41, 5.74) is 2.04. The molecule has 0 saturated heterocycles. The molecule has 5 heteroatoms. The Bertz CT molecular complexity index is 528. The molecule has 0 radical (unpaired) electrons. The number of ether oxygens (including phenoxy) is 1. The molecular formula is C15H19BrN2O2. The highest BCUT2D eigenvalue weighted by atomic mass is 79.9. The molecule has 0 bridgehead atoms. The Hall–Kier alpha value is -1.17. The van der Waals surface area contributed by atoms with Gasteiger partial charge in [0.25, 0.3) is 0 Å². The van der Waals surface area contributed by atoms with Crippen molar-refractivity contribution in [3.8, 4) is 0 Å². The van der Waals surface area contributed by atoms with Crippen LogP contribution in [-0.2, 0) is 24.5 Å². The van der Waals surface area contributed by atoms with E-state index in [4.69, 9.17) is 9.26 Å². The van der Waals surface area contributed by atoms with Gasteiger partial charge in [-0.25, -0.2) is 0 Å². The zero-order valence-electron chi connectivity index (χ0n) is 11.6. The lowest BCUT2D eigenvalue weighted by atomic mass is 10.2. The molecule has 0 amide bonds. The summed E-state index contributed by atoms with van der Waals surface area (Å²) in [5.74, 6) is 0.758. The predicted octanol–water partition coefficient (Wildman–Crippen LogP) is 3.65. The number of benzene rings is 1. The van der Waals surface area contributed by atoms with Gasteiger partial charge in [0.05, 0.1) is 12.3 Å². The molecule has 1 aromatic carbocycles. The third kappa shape index (κ3) is 5.07. The van der Waals surface area contributed by atoms with Gasteiger partial charge in [-0.3, -0.25) is 0 Å². The number of hydrogen-bond donors (Lipinski definition) is 1. The van der Waals surface area contributed by atoms with Crippen molar-refractivity contribution in [3.63, 3.8) is 0 Å². The topological polar surface area (TPSA) is 47.3 Å². The Balaban J connectivity index is 1.74. The first-order valence-corrected chi connectivity index (χ1v) is 7.54. The maximum absolute atomic E-state index is 5.62. The maximum Gasteiger partial charge on any atom is 0.162 e. The van der Waals surface area contributed by atoms with E-state index >= 15 is 0 Å². The normalized spacial score (nSPS) is 10.9. The van der Waals surface area contributed by atoms with E-state index in [1.807, 2.05) is 30.3 Å². The molecule has 4 nitrogen and oxygen atoms in total. The van der Waals surface area contributed by atoms with Crippen molar-refractivity contribution in [3.05, 3.63) is 51.8 Å². The molecule has 1 heterocycles. The molecule has 2 rings (SSSR count). The molecule has 20 heavy (non-hydrogen) atoms. The molecule has 0 aliphatic rings. The quantitative estimate of drug-likeness (QED) is 0.746. The highest BCUT2D eigenvalue weighted by Gasteiger charge is 2.04. The zero-order chi connectivity index (χ0) is 14.2. The largest absolute Gasteiger partial charge is 0.369 e. The SMILES string of the molecule is CCCNCc1cc(COCc2cccc(Br)c2)on1. The van der Waals surface area contributed by atoms with Crippen LogP contribution in [0.2, 0.25) is 0 Å². The number of hydrogen-bond acceptors (Lipinski definition) is 4. The summed E-state index contributed by atoms with van der Waals surface area (Å²) in [5, 5.41) is 7.29. The molecule has 2 aromatic rings. The summed E-state index contributed by atoms with van der Waals surface area (Å²) in [7, 11) is 0. The summed E-state index contributed by atoms with van der Waals surface area (Å²) in [6.45, 7) is 4.86. The van der Waals surface area contributed by atoms with Gasteiger partial charge in [-0.15, -0.1) is 0 Å². The van der Waals surface area contributed by atoms with Crippen molar-refractivity contribution in [2.24, 2.45) is 0 Å². The lowest BCUT2D eigenvalue weighted by Gasteiger charge is -2.02. The second-order valence-electron chi connectivity index (χ2n) is 4.58. The van der Waals surface area contributed by atoms with Crippen molar-refractivity contribution in [1.82, 2.24) is 10.5 Å². The van der Waals surface area contributed by atoms with Gasteiger partial charge in [-0.1, -0.05) is 40.1 Å². The monoisotopic (exact) mass is 338 g/mol. The van der Waals surface area contributed by atoms with Gasteiger partial charge < -0.3 is 14.6 Å². The minimum atomic E-state index is 0.438. The minimum Gasteiger partial charge on any atom is -0.369 e. The fraction of sp³-hybridized carbons (Fsp3) is 0.400. The van der Waals surface area contributed by atoms with Crippen LogP contribution in [0.4, 0.5) is 0 Å². The van der Waals surface area contributed by atoms with E-state index in [9.17, 15) is 0 Å². The van der Waals surface area contributed by atoms with Crippen LogP contribution in [0.15, 0.2) is 39.3 Å². The van der Waals surface area contributed by atoms with Crippen LogP contribution in [0, 0.1) is 0 Å². The van der Waals surface area contributed by atoms with Crippen LogP contribution in [-0.4, -0.2) is 11.7 Å². The van der Waals surface area contributed by atoms with Gasteiger partial charge in [0, 0.05) is 17.1 Å². The van der Waals surface area contributed by atoms with Gasteiger partial charge in [0.1, 0.15) is 6.61 Å². The Kier molecular flexibility index (Phi) is 6.24. The van der Waals surface area contributed by atoms with Crippen LogP contribution in [0.1, 0.15) is 30.4 Å². The lowest BCUT2D eigenvalue weighted by molar-refractivity contribution is 0.0883. The Morgan fingerprint density at radius 2 is 2.20 bits per heavy atom. The van der Waals surface area contributed by atoms with Gasteiger partial charge >= 0.3 is 0 Å². The number of halogens is 1. The van der Waals surface area contributed by atoms with Gasteiger partial charge in [0.15, 0.2) is 5.76 Å². The van der Waals surface area contributed by atoms with E-state index < -0.39 is 0 Å². The van der Waals surface area contributed by atoms with Crippen LogP contribution in [0.25, 0.3) is 0 Å². The summed E-state index contributed by atoms with van der Waals surface area (Å²) in [6, 6.07) is 10.00. The smallest absolute Gasteiger partial charge is 0.162 e. The summed E-state index contributed by atoms with van der Waals surface area (Å²) >= 11 is 3.44. The van der Waals surface area contributed by atoms with Crippen LogP contribution >= 0.6 is 15.9 Å². The third-order valence-corrected chi connectivity index (χ3v) is 3.24. The first-order chi connectivity index (χ1) is 9.78. The highest BCUT2D eigenvalue weighted by molar-refractivity contribution is 9.10. The highest BCUT2D eigenvalue weighted by Crippen LogP contribution is 2.13. The minimum absolute atomic E-state index is 0.438. The van der Waals surface area contributed by atoms with Crippen molar-refractivity contribution in [2.75, 3.05) is 6.54 Å². The van der Waals surface area contributed by atoms with E-state index in [0.29, 0.717) is 13.2 Å². The zero-order valence-corrected chi connectivity index (χ0v) is 13.1. The van der Waals surface area contributed by atoms with Crippen LogP contribution in [0.5, 0.6) is 0 Å². The molecule has 0 saturated carbocycles. The van der Waals surface area contributed by atoms with E-state index in [1.165, 1.54) is 0 Å². The molecule has 108 valence electrons. The van der Waals surface area contributed by atoms with Crippen LogP contribution < -0.4 is 5.32 Å². The summed E-state index contributed by atoms with van der Waals surface area (Å²) in [4.78, 5) is 0. The van der Waals surface area contributed by atoms with Crippen molar-refractivity contribution >= 4 is 15.9 Å². The molecule has 1 aromatic heterocycles. The lowest BCUT2D eigenvalue weighted by Crippen LogP contribution is -2.13.